The van der Waals surface area contributed by atoms with Crippen LogP contribution in [0.15, 0.2) is 42.5 Å². The zero-order chi connectivity index (χ0) is 14.7. The van der Waals surface area contributed by atoms with Crippen LogP contribution < -0.4 is 10.6 Å². The number of hydrogen-bond acceptors (Lipinski definition) is 2. The van der Waals surface area contributed by atoms with E-state index >= 15 is 0 Å². The van der Waals surface area contributed by atoms with E-state index in [2.05, 4.69) is 0 Å². The molecule has 20 heavy (non-hydrogen) atoms. The van der Waals surface area contributed by atoms with E-state index in [1.807, 2.05) is 49.2 Å². The molecule has 2 nitrogen and oxygen atoms in total. The molecule has 2 rings (SSSR count). The molecule has 0 amide bonds. The van der Waals surface area contributed by atoms with Gasteiger partial charge in [-0.25, -0.2) is 4.39 Å². The highest BCUT2D eigenvalue weighted by molar-refractivity contribution is 6.30. The fourth-order valence-corrected chi connectivity index (χ4v) is 2.37. The normalized spacial score (nSPS) is 12.2. The second-order valence-electron chi connectivity index (χ2n) is 4.95. The molecule has 2 aromatic carbocycles. The Morgan fingerprint density at radius 1 is 1.20 bits per heavy atom. The molecule has 1 atom stereocenters. The van der Waals surface area contributed by atoms with Gasteiger partial charge in [0.25, 0.3) is 0 Å². The molecular formula is C16H18ClFN2. The van der Waals surface area contributed by atoms with Crippen LogP contribution in [0.3, 0.4) is 0 Å². The first-order valence-electron chi connectivity index (χ1n) is 6.48. The molecule has 0 fully saturated rings. The van der Waals surface area contributed by atoms with Gasteiger partial charge in [0.2, 0.25) is 0 Å². The second-order valence-corrected chi connectivity index (χ2v) is 5.39. The van der Waals surface area contributed by atoms with Crippen molar-refractivity contribution < 1.29 is 4.39 Å². The molecule has 106 valence electrons. The van der Waals surface area contributed by atoms with Crippen LogP contribution in [0.2, 0.25) is 5.02 Å². The third kappa shape index (κ3) is 3.30. The van der Waals surface area contributed by atoms with Crippen molar-refractivity contribution in [2.75, 3.05) is 11.9 Å². The van der Waals surface area contributed by atoms with E-state index in [-0.39, 0.29) is 11.9 Å². The fraction of sp³-hybridized carbons (Fsp3) is 0.250. The molecule has 2 aromatic rings. The van der Waals surface area contributed by atoms with Crippen molar-refractivity contribution in [3.63, 3.8) is 0 Å². The van der Waals surface area contributed by atoms with Crippen molar-refractivity contribution >= 4 is 17.3 Å². The maximum atomic E-state index is 14.1. The van der Waals surface area contributed by atoms with Gasteiger partial charge in [0.1, 0.15) is 5.82 Å². The quantitative estimate of drug-likeness (QED) is 0.918. The average molecular weight is 293 g/mol. The highest BCUT2D eigenvalue weighted by atomic mass is 35.5. The van der Waals surface area contributed by atoms with Crippen molar-refractivity contribution in [2.45, 2.75) is 19.5 Å². The first-order chi connectivity index (χ1) is 9.49. The summed E-state index contributed by atoms with van der Waals surface area (Å²) < 4.78 is 14.1. The summed E-state index contributed by atoms with van der Waals surface area (Å²) in [5, 5.41) is 0.693. The van der Waals surface area contributed by atoms with Crippen molar-refractivity contribution in [1.82, 2.24) is 0 Å². The van der Waals surface area contributed by atoms with E-state index in [0.29, 0.717) is 17.3 Å². The lowest BCUT2D eigenvalue weighted by molar-refractivity contribution is 0.616. The monoisotopic (exact) mass is 292 g/mol. The Balaban J connectivity index is 2.29. The molecule has 0 radical (unpaired) electrons. The smallest absolute Gasteiger partial charge is 0.146 e. The van der Waals surface area contributed by atoms with Crippen molar-refractivity contribution in [3.8, 4) is 0 Å². The second kappa shape index (κ2) is 6.25. The summed E-state index contributed by atoms with van der Waals surface area (Å²) in [5.74, 6) is -0.253. The van der Waals surface area contributed by atoms with Crippen molar-refractivity contribution in [2.24, 2.45) is 5.73 Å². The molecule has 0 aliphatic carbocycles. The molecule has 0 unspecified atom stereocenters. The van der Waals surface area contributed by atoms with Crippen LogP contribution in [0.25, 0.3) is 0 Å². The predicted octanol–water partition coefficient (Wildman–Crippen LogP) is 4.14. The molecule has 0 saturated heterocycles. The van der Waals surface area contributed by atoms with Gasteiger partial charge >= 0.3 is 0 Å². The van der Waals surface area contributed by atoms with Gasteiger partial charge in [0.05, 0.1) is 5.69 Å². The van der Waals surface area contributed by atoms with Gasteiger partial charge in [-0.05, 0) is 36.2 Å². The standard InChI is InChI=1S/C16H18ClFN2/c1-11(19)14-4-3-5-15(18)16(14)20(2)10-12-6-8-13(17)9-7-12/h3-9,11H,10,19H2,1-2H3/t11-/m1/s1. The van der Waals surface area contributed by atoms with Gasteiger partial charge in [-0.3, -0.25) is 0 Å². The zero-order valence-electron chi connectivity index (χ0n) is 11.6. The highest BCUT2D eigenvalue weighted by Crippen LogP contribution is 2.28. The lowest BCUT2D eigenvalue weighted by Crippen LogP contribution is -2.21. The fourth-order valence-electron chi connectivity index (χ4n) is 2.24. The molecule has 0 saturated carbocycles. The highest BCUT2D eigenvalue weighted by Gasteiger charge is 2.15. The topological polar surface area (TPSA) is 29.3 Å². The van der Waals surface area contributed by atoms with Crippen LogP contribution in [0.5, 0.6) is 0 Å². The van der Waals surface area contributed by atoms with E-state index in [0.717, 1.165) is 11.1 Å². The minimum Gasteiger partial charge on any atom is -0.368 e. The van der Waals surface area contributed by atoms with E-state index in [9.17, 15) is 4.39 Å². The molecule has 0 spiro atoms. The summed E-state index contributed by atoms with van der Waals surface area (Å²) >= 11 is 5.87. The zero-order valence-corrected chi connectivity index (χ0v) is 12.4. The predicted molar refractivity (Wildman–Crippen MR) is 82.6 cm³/mol. The summed E-state index contributed by atoms with van der Waals surface area (Å²) in [6.07, 6.45) is 0. The van der Waals surface area contributed by atoms with Crippen LogP contribution in [0.4, 0.5) is 10.1 Å². The van der Waals surface area contributed by atoms with Gasteiger partial charge in [-0.2, -0.15) is 0 Å². The molecule has 0 bridgehead atoms. The van der Waals surface area contributed by atoms with Crippen LogP contribution in [-0.2, 0) is 6.54 Å². The summed E-state index contributed by atoms with van der Waals surface area (Å²) in [6, 6.07) is 12.3. The Morgan fingerprint density at radius 2 is 1.85 bits per heavy atom. The Hall–Kier alpha value is -1.58. The number of nitrogens with two attached hydrogens (primary N) is 1. The third-order valence-corrected chi connectivity index (χ3v) is 3.48. The Labute approximate surface area is 124 Å². The molecular weight excluding hydrogens is 275 g/mol. The Morgan fingerprint density at radius 3 is 2.45 bits per heavy atom. The lowest BCUT2D eigenvalue weighted by Gasteiger charge is -2.24. The molecule has 0 aromatic heterocycles. The van der Waals surface area contributed by atoms with Crippen LogP contribution in [0, 0.1) is 5.82 Å². The number of rotatable bonds is 4. The van der Waals surface area contributed by atoms with Gasteiger partial charge in [-0.15, -0.1) is 0 Å². The number of halogens is 2. The first kappa shape index (κ1) is 14.8. The molecule has 0 aliphatic heterocycles. The maximum absolute atomic E-state index is 14.1. The van der Waals surface area contributed by atoms with Crippen molar-refractivity contribution in [1.29, 1.82) is 0 Å². The maximum Gasteiger partial charge on any atom is 0.146 e. The van der Waals surface area contributed by atoms with E-state index < -0.39 is 0 Å². The van der Waals surface area contributed by atoms with E-state index in [1.165, 1.54) is 6.07 Å². The van der Waals surface area contributed by atoms with Crippen LogP contribution >= 0.6 is 11.6 Å². The van der Waals surface area contributed by atoms with Gasteiger partial charge in [0.15, 0.2) is 0 Å². The molecule has 2 N–H and O–H groups in total. The Bertz CT molecular complexity index is 582. The van der Waals surface area contributed by atoms with Gasteiger partial charge < -0.3 is 10.6 Å². The minimum atomic E-state index is -0.253. The summed E-state index contributed by atoms with van der Waals surface area (Å²) in [7, 11) is 1.86. The number of nitrogens with zero attached hydrogens (tertiary/aromatic N) is 1. The number of para-hydroxylation sites is 1. The van der Waals surface area contributed by atoms with E-state index in [1.54, 1.807) is 6.07 Å². The van der Waals surface area contributed by atoms with Crippen molar-refractivity contribution in [3.05, 3.63) is 64.4 Å². The largest absolute Gasteiger partial charge is 0.368 e. The Kier molecular flexibility index (Phi) is 4.63. The third-order valence-electron chi connectivity index (χ3n) is 3.22. The summed E-state index contributed by atoms with van der Waals surface area (Å²) in [4.78, 5) is 1.87. The van der Waals surface area contributed by atoms with Crippen LogP contribution in [0.1, 0.15) is 24.1 Å². The molecule has 0 aliphatic rings. The number of benzene rings is 2. The number of hydrogen-bond donors (Lipinski definition) is 1. The number of anilines is 1. The molecule has 4 heteroatoms. The SMILES string of the molecule is C[C@@H](N)c1cccc(F)c1N(C)Cc1ccc(Cl)cc1. The van der Waals surface area contributed by atoms with Crippen LogP contribution in [-0.4, -0.2) is 7.05 Å². The summed E-state index contributed by atoms with van der Waals surface area (Å²) in [6.45, 7) is 2.45. The van der Waals surface area contributed by atoms with Gasteiger partial charge in [-0.1, -0.05) is 35.9 Å². The van der Waals surface area contributed by atoms with Gasteiger partial charge in [0, 0.05) is 24.7 Å². The first-order valence-corrected chi connectivity index (χ1v) is 6.86. The van der Waals surface area contributed by atoms with E-state index in [4.69, 9.17) is 17.3 Å². The minimum absolute atomic E-state index is 0.214. The average Bonchev–Trinajstić information content (AvgIpc) is 2.40. The molecule has 0 heterocycles. The summed E-state index contributed by atoms with van der Waals surface area (Å²) in [5.41, 5.74) is 8.35. The lowest BCUT2D eigenvalue weighted by atomic mass is 10.0.